The largest absolute Gasteiger partial charge is 0.381 e. The van der Waals surface area contributed by atoms with Crippen LogP contribution < -0.4 is 10.2 Å². The highest BCUT2D eigenvalue weighted by molar-refractivity contribution is 5.99. The Hall–Kier alpha value is -3.40. The number of hydrogen-bond donors (Lipinski definition) is 2. The number of H-pyrrole nitrogens is 1. The molecule has 4 heterocycles. The number of hydrogen-bond acceptors (Lipinski definition) is 8. The molecule has 1 fully saturated rings. The normalized spacial score (nSPS) is 20.9. The van der Waals surface area contributed by atoms with E-state index in [9.17, 15) is 4.79 Å². The molecule has 10 nitrogen and oxygen atoms in total. The SMILES string of the molecule is CO[C@@H]1CC[C@H](N2CC(=O)Nc3ncc(-c4ccc(-c5ncn[nH]5)nc4C)nc32)C1. The standard InChI is InChI=1S/C20H22N8O2/c1-11-14(5-6-15(24-11)18-22-10-23-27-18)16-8-21-19-20(25-16)28(9-17(29)26-19)12-3-4-13(7-12)30-2/h5-6,8,10,12-13H,3-4,7,9H2,1-2H3,(H,21,26,29)(H,22,23,27)/t12-,13+/m0/s1. The van der Waals surface area contributed by atoms with Gasteiger partial charge in [-0.2, -0.15) is 5.10 Å². The van der Waals surface area contributed by atoms with Crippen molar-refractivity contribution < 1.29 is 9.53 Å². The summed E-state index contributed by atoms with van der Waals surface area (Å²) in [6.07, 6.45) is 6.16. The van der Waals surface area contributed by atoms with Crippen LogP contribution in [-0.2, 0) is 9.53 Å². The third-order valence-corrected chi connectivity index (χ3v) is 5.75. The molecule has 30 heavy (non-hydrogen) atoms. The van der Waals surface area contributed by atoms with Crippen LogP contribution in [0.25, 0.3) is 22.8 Å². The van der Waals surface area contributed by atoms with Crippen LogP contribution in [0.5, 0.6) is 0 Å². The lowest BCUT2D eigenvalue weighted by Gasteiger charge is -2.34. The first kappa shape index (κ1) is 18.6. The van der Waals surface area contributed by atoms with Gasteiger partial charge in [0, 0.05) is 24.4 Å². The van der Waals surface area contributed by atoms with Crippen molar-refractivity contribution in [1.82, 2.24) is 30.1 Å². The summed E-state index contributed by atoms with van der Waals surface area (Å²) in [5.41, 5.74) is 3.12. The van der Waals surface area contributed by atoms with E-state index in [1.165, 1.54) is 6.33 Å². The number of nitrogens with one attached hydrogen (secondary N) is 2. The minimum atomic E-state index is -0.0697. The number of methoxy groups -OCH3 is 1. The van der Waals surface area contributed by atoms with Crippen LogP contribution >= 0.6 is 0 Å². The van der Waals surface area contributed by atoms with Gasteiger partial charge in [-0.3, -0.25) is 9.89 Å². The van der Waals surface area contributed by atoms with Gasteiger partial charge in [0.25, 0.3) is 0 Å². The smallest absolute Gasteiger partial charge is 0.245 e. The number of aromatic amines is 1. The van der Waals surface area contributed by atoms with E-state index in [0.717, 1.165) is 30.5 Å². The lowest BCUT2D eigenvalue weighted by atomic mass is 10.1. The molecule has 0 unspecified atom stereocenters. The maximum atomic E-state index is 12.2. The lowest BCUT2D eigenvalue weighted by Crippen LogP contribution is -2.44. The third-order valence-electron chi connectivity index (χ3n) is 5.75. The fraction of sp³-hybridized carbons (Fsp3) is 0.400. The van der Waals surface area contributed by atoms with Crippen LogP contribution in [-0.4, -0.2) is 61.8 Å². The van der Waals surface area contributed by atoms with E-state index in [1.807, 2.05) is 19.1 Å². The monoisotopic (exact) mass is 406 g/mol. The first-order chi connectivity index (χ1) is 14.6. The molecule has 1 aliphatic heterocycles. The summed E-state index contributed by atoms with van der Waals surface area (Å²) in [4.78, 5) is 32.4. The fourth-order valence-corrected chi connectivity index (χ4v) is 4.21. The first-order valence-electron chi connectivity index (χ1n) is 9.92. The Morgan fingerprint density at radius 1 is 1.17 bits per heavy atom. The van der Waals surface area contributed by atoms with Gasteiger partial charge in [0.1, 0.15) is 12.0 Å². The van der Waals surface area contributed by atoms with Gasteiger partial charge < -0.3 is 15.0 Å². The number of amides is 1. The van der Waals surface area contributed by atoms with Crippen molar-refractivity contribution in [2.75, 3.05) is 23.9 Å². The Morgan fingerprint density at radius 2 is 2.07 bits per heavy atom. The van der Waals surface area contributed by atoms with Crippen molar-refractivity contribution in [3.05, 3.63) is 30.4 Å². The summed E-state index contributed by atoms with van der Waals surface area (Å²) in [6, 6.07) is 4.04. The minimum absolute atomic E-state index is 0.0697. The predicted octanol–water partition coefficient (Wildman–Crippen LogP) is 1.96. The molecule has 2 aliphatic rings. The number of rotatable bonds is 4. The summed E-state index contributed by atoms with van der Waals surface area (Å²) in [7, 11) is 1.74. The van der Waals surface area contributed by atoms with Gasteiger partial charge in [-0.05, 0) is 38.3 Å². The maximum absolute atomic E-state index is 12.2. The van der Waals surface area contributed by atoms with Crippen LogP contribution in [0, 0.1) is 6.92 Å². The number of carbonyl (C=O) groups excluding carboxylic acids is 1. The van der Waals surface area contributed by atoms with Gasteiger partial charge in [-0.25, -0.2) is 19.9 Å². The quantitative estimate of drug-likeness (QED) is 0.674. The zero-order valence-corrected chi connectivity index (χ0v) is 16.8. The number of aromatic nitrogens is 6. The molecular formula is C20H22N8O2. The van der Waals surface area contributed by atoms with Gasteiger partial charge >= 0.3 is 0 Å². The Bertz CT molecular complexity index is 1080. The van der Waals surface area contributed by atoms with Gasteiger partial charge in [0.15, 0.2) is 17.5 Å². The van der Waals surface area contributed by atoms with Gasteiger partial charge in [0.2, 0.25) is 5.91 Å². The second-order valence-electron chi connectivity index (χ2n) is 7.59. The number of carbonyl (C=O) groups is 1. The van der Waals surface area contributed by atoms with E-state index in [2.05, 4.69) is 35.4 Å². The molecule has 3 aromatic rings. The number of ether oxygens (including phenoxy) is 1. The molecule has 2 N–H and O–H groups in total. The van der Waals surface area contributed by atoms with Gasteiger partial charge in [-0.1, -0.05) is 0 Å². The Labute approximate surface area is 173 Å². The maximum Gasteiger partial charge on any atom is 0.245 e. The molecule has 1 saturated carbocycles. The van der Waals surface area contributed by atoms with E-state index in [0.29, 0.717) is 28.8 Å². The fourth-order valence-electron chi connectivity index (χ4n) is 4.21. The molecule has 0 bridgehead atoms. The van der Waals surface area contributed by atoms with Crippen LogP contribution in [0.15, 0.2) is 24.7 Å². The number of fused-ring (bicyclic) bond motifs is 1. The molecule has 3 aromatic heterocycles. The Kier molecular flexibility index (Phi) is 4.62. The highest BCUT2D eigenvalue weighted by atomic mass is 16.5. The van der Waals surface area contributed by atoms with E-state index < -0.39 is 0 Å². The zero-order chi connectivity index (χ0) is 20.7. The molecule has 0 spiro atoms. The van der Waals surface area contributed by atoms with Crippen molar-refractivity contribution in [3.8, 4) is 22.8 Å². The second kappa shape index (κ2) is 7.45. The third kappa shape index (κ3) is 3.28. The summed E-state index contributed by atoms with van der Waals surface area (Å²) >= 11 is 0. The Morgan fingerprint density at radius 3 is 2.80 bits per heavy atom. The molecule has 5 rings (SSSR count). The van der Waals surface area contributed by atoms with Gasteiger partial charge in [0.05, 0.1) is 24.5 Å². The summed E-state index contributed by atoms with van der Waals surface area (Å²) in [5, 5.41) is 9.53. The van der Waals surface area contributed by atoms with Crippen LogP contribution in [0.3, 0.4) is 0 Å². The lowest BCUT2D eigenvalue weighted by molar-refractivity contribution is -0.115. The predicted molar refractivity (Wildman–Crippen MR) is 110 cm³/mol. The summed E-state index contributed by atoms with van der Waals surface area (Å²) in [6.45, 7) is 2.20. The highest BCUT2D eigenvalue weighted by Gasteiger charge is 2.35. The zero-order valence-electron chi connectivity index (χ0n) is 16.8. The molecule has 0 aromatic carbocycles. The Balaban J connectivity index is 1.50. The van der Waals surface area contributed by atoms with Crippen molar-refractivity contribution in [2.45, 2.75) is 38.3 Å². The molecule has 1 amide bonds. The van der Waals surface area contributed by atoms with Crippen LogP contribution in [0.1, 0.15) is 25.0 Å². The van der Waals surface area contributed by atoms with Crippen molar-refractivity contribution in [3.63, 3.8) is 0 Å². The average molecular weight is 406 g/mol. The van der Waals surface area contributed by atoms with E-state index in [1.54, 1.807) is 13.3 Å². The molecule has 0 saturated heterocycles. The molecule has 0 radical (unpaired) electrons. The summed E-state index contributed by atoms with van der Waals surface area (Å²) in [5.74, 6) is 1.75. The molecule has 10 heteroatoms. The number of nitrogens with zero attached hydrogens (tertiary/aromatic N) is 6. The van der Waals surface area contributed by atoms with E-state index in [4.69, 9.17) is 9.72 Å². The average Bonchev–Trinajstić information content (AvgIpc) is 3.45. The first-order valence-corrected chi connectivity index (χ1v) is 9.92. The number of aryl methyl sites for hydroxylation is 1. The highest BCUT2D eigenvalue weighted by Crippen LogP contribution is 2.35. The molecule has 1 aliphatic carbocycles. The summed E-state index contributed by atoms with van der Waals surface area (Å²) < 4.78 is 5.51. The minimum Gasteiger partial charge on any atom is -0.381 e. The second-order valence-corrected chi connectivity index (χ2v) is 7.59. The molecule has 2 atom stereocenters. The van der Waals surface area contributed by atoms with Crippen LogP contribution in [0.2, 0.25) is 0 Å². The van der Waals surface area contributed by atoms with Crippen molar-refractivity contribution >= 4 is 17.5 Å². The molecular weight excluding hydrogens is 384 g/mol. The van der Waals surface area contributed by atoms with Gasteiger partial charge in [-0.15, -0.1) is 0 Å². The van der Waals surface area contributed by atoms with E-state index in [-0.39, 0.29) is 24.6 Å². The number of pyridine rings is 1. The van der Waals surface area contributed by atoms with Crippen molar-refractivity contribution in [1.29, 1.82) is 0 Å². The molecule has 154 valence electrons. The van der Waals surface area contributed by atoms with E-state index >= 15 is 0 Å². The van der Waals surface area contributed by atoms with Crippen LogP contribution in [0.4, 0.5) is 11.6 Å². The van der Waals surface area contributed by atoms with Crippen molar-refractivity contribution in [2.24, 2.45) is 0 Å². The number of anilines is 2. The topological polar surface area (TPSA) is 122 Å².